The summed E-state index contributed by atoms with van der Waals surface area (Å²) in [5.74, 6) is 0.0968. The normalized spacial score (nSPS) is 12.8. The minimum Gasteiger partial charge on any atom is -0.211 e. The Balaban J connectivity index is 3.33. The third-order valence-corrected chi connectivity index (χ3v) is 5.39. The van der Waals surface area contributed by atoms with Crippen molar-refractivity contribution in [1.82, 2.24) is 0 Å². The Morgan fingerprint density at radius 3 is 1.26 bits per heavy atom. The topological polar surface area (TPSA) is 58.9 Å². The van der Waals surface area contributed by atoms with Gasteiger partial charge in [-0.2, -0.15) is 9.98 Å². The number of nitrogens with zero attached hydrogens (tertiary/aromatic N) is 2. The first-order chi connectivity index (χ1) is 13.3. The Morgan fingerprint density at radius 2 is 0.926 bits per heavy atom. The van der Waals surface area contributed by atoms with Crippen LogP contribution < -0.4 is 0 Å². The number of hydrogen-bond acceptors (Lipinski definition) is 4. The molecule has 0 fully saturated rings. The first-order valence-electron chi connectivity index (χ1n) is 11.4. The van der Waals surface area contributed by atoms with Gasteiger partial charge in [-0.15, -0.1) is 0 Å². The molecule has 0 aromatic carbocycles. The fourth-order valence-corrected chi connectivity index (χ4v) is 3.55. The molecule has 0 amide bonds. The molecule has 4 heteroatoms. The molecule has 1 unspecified atom stereocenters. The number of carbonyl (C=O) groups excluding carboxylic acids is 2. The highest BCUT2D eigenvalue weighted by atomic mass is 16.1. The van der Waals surface area contributed by atoms with Crippen LogP contribution in [0.25, 0.3) is 0 Å². The van der Waals surface area contributed by atoms with Crippen molar-refractivity contribution in [3.63, 3.8) is 0 Å². The van der Waals surface area contributed by atoms with Gasteiger partial charge in [0, 0.05) is 5.92 Å². The van der Waals surface area contributed by atoms with E-state index >= 15 is 0 Å². The minimum atomic E-state index is -0.601. The molecule has 0 aromatic rings. The molecule has 0 aliphatic carbocycles. The molecule has 0 radical (unpaired) electrons. The maximum absolute atomic E-state index is 10.3. The summed E-state index contributed by atoms with van der Waals surface area (Å²) < 4.78 is 0. The molecule has 27 heavy (non-hydrogen) atoms. The van der Waals surface area contributed by atoms with Crippen LogP contribution in [0.15, 0.2) is 9.98 Å². The zero-order chi connectivity index (χ0) is 20.0. The Labute approximate surface area is 167 Å². The first-order valence-corrected chi connectivity index (χ1v) is 11.4. The Kier molecular flexibility index (Phi) is 20.1. The van der Waals surface area contributed by atoms with E-state index in [1.165, 1.54) is 108 Å². The van der Waals surface area contributed by atoms with E-state index in [0.29, 0.717) is 0 Å². The SMILES string of the molecule is CCCCCCCCCCCCCCCCCCC(C)C(N=C=O)N=C=O. The maximum Gasteiger partial charge on any atom is 0.237 e. The monoisotopic (exact) mass is 378 g/mol. The highest BCUT2D eigenvalue weighted by molar-refractivity contribution is 5.37. The molecule has 0 bridgehead atoms. The van der Waals surface area contributed by atoms with Crippen molar-refractivity contribution in [3.05, 3.63) is 0 Å². The minimum absolute atomic E-state index is 0.0968. The van der Waals surface area contributed by atoms with Crippen LogP contribution in [0.4, 0.5) is 0 Å². The fraction of sp³-hybridized carbons (Fsp3) is 0.913. The van der Waals surface area contributed by atoms with E-state index in [1.54, 1.807) is 0 Å². The van der Waals surface area contributed by atoms with E-state index in [2.05, 4.69) is 16.9 Å². The highest BCUT2D eigenvalue weighted by Gasteiger charge is 2.14. The fourth-order valence-electron chi connectivity index (χ4n) is 3.55. The lowest BCUT2D eigenvalue weighted by Gasteiger charge is -2.13. The number of aliphatic imine (C=N–C) groups is 2. The van der Waals surface area contributed by atoms with Gasteiger partial charge in [0.1, 0.15) is 0 Å². The van der Waals surface area contributed by atoms with E-state index in [0.717, 1.165) is 12.8 Å². The van der Waals surface area contributed by atoms with Crippen molar-refractivity contribution in [3.8, 4) is 0 Å². The lowest BCUT2D eigenvalue weighted by atomic mass is 9.99. The van der Waals surface area contributed by atoms with Crippen molar-refractivity contribution in [1.29, 1.82) is 0 Å². The molecule has 0 saturated heterocycles. The average molecular weight is 379 g/mol. The molecule has 156 valence electrons. The van der Waals surface area contributed by atoms with Crippen LogP contribution in [0.3, 0.4) is 0 Å². The molecule has 0 aliphatic rings. The molecule has 0 heterocycles. The van der Waals surface area contributed by atoms with Crippen LogP contribution in [-0.4, -0.2) is 18.3 Å². The number of unbranched alkanes of at least 4 members (excludes halogenated alkanes) is 15. The number of isocyanates is 2. The smallest absolute Gasteiger partial charge is 0.211 e. The molecule has 0 aromatic heterocycles. The highest BCUT2D eigenvalue weighted by Crippen LogP contribution is 2.18. The summed E-state index contributed by atoms with van der Waals surface area (Å²) in [6, 6.07) is 0. The van der Waals surface area contributed by atoms with E-state index in [4.69, 9.17) is 0 Å². The number of rotatable bonds is 20. The van der Waals surface area contributed by atoms with E-state index in [9.17, 15) is 9.59 Å². The molecule has 0 spiro atoms. The van der Waals surface area contributed by atoms with Crippen LogP contribution in [0.2, 0.25) is 0 Å². The second kappa shape index (κ2) is 21.1. The van der Waals surface area contributed by atoms with Gasteiger partial charge in [-0.25, -0.2) is 9.59 Å². The van der Waals surface area contributed by atoms with Gasteiger partial charge in [0.05, 0.1) is 0 Å². The zero-order valence-corrected chi connectivity index (χ0v) is 17.9. The van der Waals surface area contributed by atoms with Gasteiger partial charge in [0.15, 0.2) is 6.17 Å². The average Bonchev–Trinajstić information content (AvgIpc) is 2.67. The lowest BCUT2D eigenvalue weighted by molar-refractivity contribution is 0.410. The summed E-state index contributed by atoms with van der Waals surface area (Å²) in [5.41, 5.74) is 0. The van der Waals surface area contributed by atoms with Gasteiger partial charge in [-0.3, -0.25) is 0 Å². The van der Waals surface area contributed by atoms with Gasteiger partial charge in [0.25, 0.3) is 0 Å². The molecular weight excluding hydrogens is 336 g/mol. The third-order valence-electron chi connectivity index (χ3n) is 5.39. The lowest BCUT2D eigenvalue weighted by Crippen LogP contribution is -2.12. The summed E-state index contributed by atoms with van der Waals surface area (Å²) in [4.78, 5) is 27.8. The summed E-state index contributed by atoms with van der Waals surface area (Å²) in [7, 11) is 0. The van der Waals surface area contributed by atoms with Gasteiger partial charge in [0.2, 0.25) is 12.2 Å². The Hall–Kier alpha value is -1.24. The largest absolute Gasteiger partial charge is 0.237 e. The van der Waals surface area contributed by atoms with Gasteiger partial charge < -0.3 is 0 Å². The van der Waals surface area contributed by atoms with Gasteiger partial charge in [-0.1, -0.05) is 117 Å². The molecular formula is C23H42N2O2. The standard InChI is InChI=1S/C23H42N2O2/c1-3-4-5-6-7-8-9-10-11-12-13-14-15-16-17-18-19-22(2)23(24-20-26)25-21-27/h22-23H,3-19H2,1-2H3. The molecule has 0 N–H and O–H groups in total. The van der Waals surface area contributed by atoms with E-state index < -0.39 is 6.17 Å². The predicted molar refractivity (Wildman–Crippen MR) is 113 cm³/mol. The molecule has 0 aliphatic heterocycles. The van der Waals surface area contributed by atoms with E-state index in [-0.39, 0.29) is 5.92 Å². The molecule has 0 saturated carbocycles. The Morgan fingerprint density at radius 1 is 0.593 bits per heavy atom. The zero-order valence-electron chi connectivity index (χ0n) is 17.9. The summed E-state index contributed by atoms with van der Waals surface area (Å²) in [6.07, 6.45) is 25.0. The number of hydrogen-bond donors (Lipinski definition) is 0. The summed E-state index contributed by atoms with van der Waals surface area (Å²) >= 11 is 0. The van der Waals surface area contributed by atoms with Crippen molar-refractivity contribution >= 4 is 12.2 Å². The van der Waals surface area contributed by atoms with Crippen molar-refractivity contribution < 1.29 is 9.59 Å². The van der Waals surface area contributed by atoms with Crippen molar-refractivity contribution in [2.45, 2.75) is 129 Å². The summed E-state index contributed by atoms with van der Waals surface area (Å²) in [6.45, 7) is 4.24. The van der Waals surface area contributed by atoms with Crippen LogP contribution in [0.5, 0.6) is 0 Å². The first kappa shape index (κ1) is 25.8. The van der Waals surface area contributed by atoms with Crippen molar-refractivity contribution in [2.24, 2.45) is 15.9 Å². The van der Waals surface area contributed by atoms with Crippen LogP contribution in [0, 0.1) is 5.92 Å². The predicted octanol–water partition coefficient (Wildman–Crippen LogP) is 7.27. The van der Waals surface area contributed by atoms with Gasteiger partial charge in [-0.05, 0) is 6.42 Å². The quantitative estimate of drug-likeness (QED) is 0.127. The van der Waals surface area contributed by atoms with E-state index in [1.807, 2.05) is 6.92 Å². The van der Waals surface area contributed by atoms with Crippen molar-refractivity contribution in [2.75, 3.05) is 0 Å². The van der Waals surface area contributed by atoms with Crippen LogP contribution in [0.1, 0.15) is 123 Å². The second-order valence-corrected chi connectivity index (χ2v) is 7.92. The van der Waals surface area contributed by atoms with Gasteiger partial charge >= 0.3 is 0 Å². The maximum atomic E-state index is 10.3. The molecule has 4 nitrogen and oxygen atoms in total. The Bertz CT molecular complexity index is 395. The second-order valence-electron chi connectivity index (χ2n) is 7.92. The third kappa shape index (κ3) is 17.9. The van der Waals surface area contributed by atoms with Crippen LogP contribution in [-0.2, 0) is 9.59 Å². The summed E-state index contributed by atoms with van der Waals surface area (Å²) in [5, 5.41) is 0. The molecule has 0 rings (SSSR count). The molecule has 1 atom stereocenters. The van der Waals surface area contributed by atoms with Crippen LogP contribution >= 0.6 is 0 Å².